The van der Waals surface area contributed by atoms with Gasteiger partial charge in [-0.05, 0) is 50.1 Å². The monoisotopic (exact) mass is 427 g/mol. The van der Waals surface area contributed by atoms with E-state index in [0.29, 0.717) is 30.1 Å². The molecule has 1 N–H and O–H groups in total. The fourth-order valence-corrected chi connectivity index (χ4v) is 4.61. The summed E-state index contributed by atoms with van der Waals surface area (Å²) >= 11 is 0. The summed E-state index contributed by atoms with van der Waals surface area (Å²) in [5.74, 6) is 0.933. The highest BCUT2D eigenvalue weighted by molar-refractivity contribution is 6.03. The maximum absolute atomic E-state index is 13.6. The van der Waals surface area contributed by atoms with Crippen molar-refractivity contribution in [1.29, 1.82) is 0 Å². The van der Waals surface area contributed by atoms with Gasteiger partial charge in [-0.25, -0.2) is 0 Å². The third-order valence-corrected chi connectivity index (χ3v) is 6.24. The standard InChI is InChI=1S/C25H25N5O2/c1-3-7-18(16-8-6-11-27-13-16)23(26-2)24(31)30-15-17-12-19(17)21(30)14-28-25-29-20-9-4-5-10-22(20)32-25/h3-11,13,17,19,21H,2,12,14-15H2,1H3,(H,28,29)/b7-3-,23-18+/t17-,19-,21-/m1/s1. The quantitative estimate of drug-likeness (QED) is 0.348. The van der Waals surface area contributed by atoms with Crippen molar-refractivity contribution in [2.75, 3.05) is 18.4 Å². The number of carbonyl (C=O) groups excluding carboxylic acids is 1. The summed E-state index contributed by atoms with van der Waals surface area (Å²) in [6, 6.07) is 12.0. The fraction of sp³-hybridized carbons (Fsp3) is 0.280. The van der Waals surface area contributed by atoms with E-state index in [1.54, 1.807) is 12.4 Å². The Hall–Kier alpha value is -3.74. The molecule has 2 fully saturated rings. The van der Waals surface area contributed by atoms with Crippen LogP contribution in [0.15, 0.2) is 76.1 Å². The largest absolute Gasteiger partial charge is 0.424 e. The van der Waals surface area contributed by atoms with Crippen molar-refractivity contribution >= 4 is 35.3 Å². The van der Waals surface area contributed by atoms with E-state index in [2.05, 4.69) is 27.0 Å². The first-order chi connectivity index (χ1) is 15.7. The molecule has 0 radical (unpaired) electrons. The van der Waals surface area contributed by atoms with E-state index in [9.17, 15) is 4.79 Å². The number of nitrogens with one attached hydrogen (secondary N) is 1. The zero-order valence-corrected chi connectivity index (χ0v) is 17.9. The van der Waals surface area contributed by atoms with Gasteiger partial charge < -0.3 is 14.6 Å². The number of aromatic nitrogens is 2. The van der Waals surface area contributed by atoms with Crippen LogP contribution in [0, 0.1) is 11.8 Å². The molecule has 5 rings (SSSR count). The van der Waals surface area contributed by atoms with Crippen LogP contribution in [0.5, 0.6) is 0 Å². The first kappa shape index (κ1) is 20.2. The number of benzene rings is 1. The predicted octanol–water partition coefficient (Wildman–Crippen LogP) is 4.17. The first-order valence-corrected chi connectivity index (χ1v) is 10.8. The molecule has 0 bridgehead atoms. The number of fused-ring (bicyclic) bond motifs is 2. The zero-order chi connectivity index (χ0) is 22.1. The molecule has 1 saturated carbocycles. The summed E-state index contributed by atoms with van der Waals surface area (Å²) in [4.78, 5) is 28.4. The van der Waals surface area contributed by atoms with Gasteiger partial charge in [-0.1, -0.05) is 30.4 Å². The van der Waals surface area contributed by atoms with Crippen LogP contribution in [0.2, 0.25) is 0 Å². The average molecular weight is 428 g/mol. The Kier molecular flexibility index (Phi) is 5.31. The van der Waals surface area contributed by atoms with Crippen LogP contribution in [0.3, 0.4) is 0 Å². The molecule has 3 atom stereocenters. The second-order valence-corrected chi connectivity index (χ2v) is 8.21. The number of para-hydroxylation sites is 2. The number of hydrogen-bond donors (Lipinski definition) is 1. The minimum Gasteiger partial charge on any atom is -0.424 e. The Morgan fingerprint density at radius 3 is 2.97 bits per heavy atom. The number of allylic oxidation sites excluding steroid dienone is 3. The van der Waals surface area contributed by atoms with Gasteiger partial charge in [0.1, 0.15) is 11.2 Å². The molecule has 2 aliphatic rings. The second kappa shape index (κ2) is 8.42. The molecule has 0 unspecified atom stereocenters. The first-order valence-electron chi connectivity index (χ1n) is 10.8. The van der Waals surface area contributed by atoms with Crippen LogP contribution in [0.4, 0.5) is 6.01 Å². The molecule has 1 saturated heterocycles. The van der Waals surface area contributed by atoms with Gasteiger partial charge in [0.25, 0.3) is 11.9 Å². The number of anilines is 1. The van der Waals surface area contributed by atoms with Crippen LogP contribution in [0.1, 0.15) is 18.9 Å². The molecular weight excluding hydrogens is 402 g/mol. The van der Waals surface area contributed by atoms with Crippen molar-refractivity contribution in [3.05, 3.63) is 72.2 Å². The maximum Gasteiger partial charge on any atom is 0.295 e. The molecule has 3 aromatic rings. The minimum atomic E-state index is -0.103. The topological polar surface area (TPSA) is 83.6 Å². The molecular formula is C25H25N5O2. The number of amides is 1. The number of carbonyl (C=O) groups is 1. The second-order valence-electron chi connectivity index (χ2n) is 8.21. The number of aliphatic imine (C=N–C) groups is 1. The van der Waals surface area contributed by atoms with Crippen molar-refractivity contribution in [1.82, 2.24) is 14.9 Å². The Balaban J connectivity index is 1.39. The van der Waals surface area contributed by atoms with Crippen LogP contribution in [0.25, 0.3) is 16.7 Å². The molecule has 1 aliphatic carbocycles. The summed E-state index contributed by atoms with van der Waals surface area (Å²) in [7, 11) is 0. The van der Waals surface area contributed by atoms with Crippen LogP contribution in [-0.2, 0) is 4.79 Å². The molecule has 7 heteroatoms. The maximum atomic E-state index is 13.6. The Labute approximate surface area is 186 Å². The number of oxazole rings is 1. The van der Waals surface area contributed by atoms with Crippen LogP contribution in [-0.4, -0.2) is 46.6 Å². The van der Waals surface area contributed by atoms with E-state index in [1.807, 2.05) is 60.4 Å². The summed E-state index contributed by atoms with van der Waals surface area (Å²) < 4.78 is 5.79. The predicted molar refractivity (Wildman–Crippen MR) is 125 cm³/mol. The average Bonchev–Trinajstić information content (AvgIpc) is 3.31. The Morgan fingerprint density at radius 1 is 1.34 bits per heavy atom. The fourth-order valence-electron chi connectivity index (χ4n) is 4.61. The number of hydrogen-bond acceptors (Lipinski definition) is 6. The minimum absolute atomic E-state index is 0.0556. The normalized spacial score (nSPS) is 22.7. The molecule has 1 amide bonds. The number of rotatable bonds is 7. The molecule has 0 spiro atoms. The SMILES string of the molecule is C=N/C(C(=O)N1C[C@H]2C[C@H]2[C@H]1CNc1nc2ccccc2o1)=C(\C=C/C)c1cccnc1. The molecule has 162 valence electrons. The number of pyridine rings is 1. The van der Waals surface area contributed by atoms with Crippen molar-refractivity contribution in [2.45, 2.75) is 19.4 Å². The van der Waals surface area contributed by atoms with E-state index >= 15 is 0 Å². The Morgan fingerprint density at radius 2 is 2.22 bits per heavy atom. The molecule has 2 aromatic heterocycles. The van der Waals surface area contributed by atoms with Crippen molar-refractivity contribution in [3.63, 3.8) is 0 Å². The highest BCUT2D eigenvalue weighted by Gasteiger charge is 2.54. The highest BCUT2D eigenvalue weighted by Crippen LogP contribution is 2.50. The van der Waals surface area contributed by atoms with E-state index in [-0.39, 0.29) is 11.9 Å². The van der Waals surface area contributed by atoms with Crippen molar-refractivity contribution in [3.8, 4) is 0 Å². The number of piperidine rings is 1. The smallest absolute Gasteiger partial charge is 0.295 e. The summed E-state index contributed by atoms with van der Waals surface area (Å²) in [5.41, 5.74) is 3.47. The summed E-state index contributed by atoms with van der Waals surface area (Å²) in [6.07, 6.45) is 8.38. The van der Waals surface area contributed by atoms with Crippen molar-refractivity contribution < 1.29 is 9.21 Å². The molecule has 1 aliphatic heterocycles. The van der Waals surface area contributed by atoms with E-state index < -0.39 is 0 Å². The lowest BCUT2D eigenvalue weighted by Gasteiger charge is -2.28. The number of nitrogens with zero attached hydrogens (tertiary/aromatic N) is 4. The Bertz CT molecular complexity index is 1180. The van der Waals surface area contributed by atoms with Crippen LogP contribution >= 0.6 is 0 Å². The summed E-state index contributed by atoms with van der Waals surface area (Å²) in [6.45, 7) is 6.94. The van der Waals surface area contributed by atoms with E-state index in [0.717, 1.165) is 35.2 Å². The number of likely N-dealkylation sites (tertiary alicyclic amines) is 1. The lowest BCUT2D eigenvalue weighted by Crippen LogP contribution is -2.43. The van der Waals surface area contributed by atoms with Crippen molar-refractivity contribution in [2.24, 2.45) is 16.8 Å². The van der Waals surface area contributed by atoms with Gasteiger partial charge in [0.05, 0.1) is 6.04 Å². The lowest BCUT2D eigenvalue weighted by atomic mass is 10.0. The van der Waals surface area contributed by atoms with Gasteiger partial charge in [0, 0.05) is 36.6 Å². The van der Waals surface area contributed by atoms with Gasteiger partial charge in [-0.3, -0.25) is 14.8 Å². The third-order valence-electron chi connectivity index (χ3n) is 6.24. The van der Waals surface area contributed by atoms with Gasteiger partial charge >= 0.3 is 0 Å². The van der Waals surface area contributed by atoms with E-state index in [4.69, 9.17) is 4.42 Å². The lowest BCUT2D eigenvalue weighted by molar-refractivity contribution is -0.128. The van der Waals surface area contributed by atoms with Gasteiger partial charge in [0.15, 0.2) is 5.58 Å². The van der Waals surface area contributed by atoms with Gasteiger partial charge in [-0.15, -0.1) is 0 Å². The van der Waals surface area contributed by atoms with Gasteiger partial charge in [-0.2, -0.15) is 4.98 Å². The van der Waals surface area contributed by atoms with E-state index in [1.165, 1.54) is 0 Å². The summed E-state index contributed by atoms with van der Waals surface area (Å²) in [5, 5.41) is 3.30. The molecule has 1 aromatic carbocycles. The van der Waals surface area contributed by atoms with Crippen LogP contribution < -0.4 is 5.32 Å². The zero-order valence-electron chi connectivity index (χ0n) is 17.9. The molecule has 3 heterocycles. The highest BCUT2D eigenvalue weighted by atomic mass is 16.4. The molecule has 7 nitrogen and oxygen atoms in total. The molecule has 32 heavy (non-hydrogen) atoms. The van der Waals surface area contributed by atoms with Gasteiger partial charge in [0.2, 0.25) is 0 Å². The third kappa shape index (κ3) is 3.70.